The fourth-order valence-corrected chi connectivity index (χ4v) is 1.76. The van der Waals surface area contributed by atoms with E-state index in [1.165, 1.54) is 25.3 Å². The van der Waals surface area contributed by atoms with E-state index in [1.807, 2.05) is 0 Å². The molecule has 0 aliphatic rings. The van der Waals surface area contributed by atoms with Gasteiger partial charge in [-0.2, -0.15) is 22.5 Å². The molecule has 8 heteroatoms. The molecule has 0 spiro atoms. The number of anilines is 2. The van der Waals surface area contributed by atoms with E-state index in [0.717, 1.165) is 0 Å². The molecule has 0 radical (unpaired) electrons. The lowest BCUT2D eigenvalue weighted by molar-refractivity contribution is 0.311. The summed E-state index contributed by atoms with van der Waals surface area (Å²) in [7, 11) is 1.43. The van der Waals surface area contributed by atoms with Crippen molar-refractivity contribution >= 4 is 11.4 Å². The van der Waals surface area contributed by atoms with Crippen molar-refractivity contribution in [1.29, 1.82) is 0 Å². The minimum atomic E-state index is -1.74. The van der Waals surface area contributed by atoms with Crippen molar-refractivity contribution in [2.75, 3.05) is 19.0 Å². The van der Waals surface area contributed by atoms with Gasteiger partial charge in [0, 0.05) is 11.8 Å². The molecular weight excluding hydrogens is 304 g/mol. The van der Waals surface area contributed by atoms with Gasteiger partial charge in [-0.25, -0.2) is 0 Å². The van der Waals surface area contributed by atoms with Gasteiger partial charge in [0.2, 0.25) is 11.6 Å². The van der Waals surface area contributed by atoms with E-state index in [0.29, 0.717) is 18.1 Å². The van der Waals surface area contributed by atoms with Crippen molar-refractivity contribution < 1.29 is 27.0 Å². The van der Waals surface area contributed by atoms with Gasteiger partial charge in [-0.15, -0.1) is 0 Å². The molecule has 0 bridgehead atoms. The average molecular weight is 316 g/mol. The minimum Gasteiger partial charge on any atom is -0.493 e. The summed E-state index contributed by atoms with van der Waals surface area (Å²) in [6, 6.07) is 4.28. The molecule has 0 saturated carbocycles. The average Bonchev–Trinajstić information content (AvgIpc) is 2.50. The predicted molar refractivity (Wildman–Crippen MR) is 71.5 cm³/mol. The van der Waals surface area contributed by atoms with Crippen LogP contribution in [-0.2, 0) is 0 Å². The molecule has 0 atom stereocenters. The molecule has 0 fully saturated rings. The summed E-state index contributed by atoms with van der Waals surface area (Å²) in [5.74, 6) is -5.99. The van der Waals surface area contributed by atoms with E-state index < -0.39 is 29.2 Å². The Morgan fingerprint density at radius 3 is 2.23 bits per heavy atom. The lowest BCUT2D eigenvalue weighted by atomic mass is 10.2. The number of pyridine rings is 1. The highest BCUT2D eigenvalue weighted by atomic mass is 19.2. The molecule has 4 nitrogen and oxygen atoms in total. The first-order valence-electron chi connectivity index (χ1n) is 6.25. The van der Waals surface area contributed by atoms with Crippen LogP contribution < -0.4 is 14.8 Å². The highest BCUT2D eigenvalue weighted by Gasteiger charge is 2.21. The van der Waals surface area contributed by atoms with Gasteiger partial charge in [-0.3, -0.25) is 0 Å². The Labute approximate surface area is 123 Å². The number of aromatic nitrogens is 1. The summed E-state index contributed by atoms with van der Waals surface area (Å²) in [5.41, 5.74) is -0.815. The Kier molecular flexibility index (Phi) is 4.69. The summed E-state index contributed by atoms with van der Waals surface area (Å²) in [6.45, 7) is 2.08. The molecule has 1 aromatic carbocycles. The van der Waals surface area contributed by atoms with Gasteiger partial charge < -0.3 is 14.8 Å². The highest BCUT2D eigenvalue weighted by Crippen LogP contribution is 2.33. The van der Waals surface area contributed by atoms with Gasteiger partial charge in [0.25, 0.3) is 11.9 Å². The summed E-state index contributed by atoms with van der Waals surface area (Å²) >= 11 is 0. The summed E-state index contributed by atoms with van der Waals surface area (Å²) in [6.07, 6.45) is 0. The molecule has 2 rings (SSSR count). The summed E-state index contributed by atoms with van der Waals surface area (Å²) < 4.78 is 63.6. The van der Waals surface area contributed by atoms with Crippen LogP contribution in [0.3, 0.4) is 0 Å². The molecule has 1 aromatic heterocycles. The monoisotopic (exact) mass is 316 g/mol. The van der Waals surface area contributed by atoms with Crippen LogP contribution in [0, 0.1) is 23.5 Å². The highest BCUT2D eigenvalue weighted by molar-refractivity contribution is 5.64. The standard InChI is InChI=1S/C14H12F4N2O2/c1-3-22-9-6-7(4-5-8(9)21-2)19-12-10(15)13(17)20-14(18)11(12)16/h4-6H,3H2,1-2H3,(H,19,20). The predicted octanol–water partition coefficient (Wildman–Crippen LogP) is 3.79. The second-order valence-electron chi connectivity index (χ2n) is 4.12. The number of rotatable bonds is 5. The fourth-order valence-electron chi connectivity index (χ4n) is 1.76. The van der Waals surface area contributed by atoms with Gasteiger partial charge in [-0.1, -0.05) is 0 Å². The Morgan fingerprint density at radius 2 is 1.68 bits per heavy atom. The molecule has 0 unspecified atom stereocenters. The largest absolute Gasteiger partial charge is 0.493 e. The van der Waals surface area contributed by atoms with Gasteiger partial charge in [-0.05, 0) is 19.1 Å². The van der Waals surface area contributed by atoms with Crippen LogP contribution in [0.1, 0.15) is 6.92 Å². The first kappa shape index (κ1) is 15.9. The first-order valence-corrected chi connectivity index (χ1v) is 6.25. The quantitative estimate of drug-likeness (QED) is 0.673. The Balaban J connectivity index is 2.41. The molecular formula is C14H12F4N2O2. The third kappa shape index (κ3) is 3.05. The lowest BCUT2D eigenvalue weighted by Crippen LogP contribution is -2.06. The van der Waals surface area contributed by atoms with E-state index in [2.05, 4.69) is 10.3 Å². The van der Waals surface area contributed by atoms with E-state index >= 15 is 0 Å². The SMILES string of the molecule is CCOc1cc(Nc2c(F)c(F)nc(F)c2F)ccc1OC. The zero-order valence-corrected chi connectivity index (χ0v) is 11.7. The number of ether oxygens (including phenoxy) is 2. The van der Waals surface area contributed by atoms with Crippen LogP contribution in [0.25, 0.3) is 0 Å². The van der Waals surface area contributed by atoms with E-state index in [1.54, 1.807) is 6.92 Å². The summed E-state index contributed by atoms with van der Waals surface area (Å²) in [5, 5.41) is 2.27. The smallest absolute Gasteiger partial charge is 0.253 e. The topological polar surface area (TPSA) is 43.4 Å². The molecule has 0 amide bonds. The zero-order valence-electron chi connectivity index (χ0n) is 11.7. The van der Waals surface area contributed by atoms with Crippen molar-refractivity contribution in [3.63, 3.8) is 0 Å². The maximum Gasteiger partial charge on any atom is 0.253 e. The normalized spacial score (nSPS) is 10.5. The molecule has 1 heterocycles. The molecule has 0 saturated heterocycles. The van der Waals surface area contributed by atoms with E-state index in [9.17, 15) is 17.6 Å². The Hall–Kier alpha value is -2.51. The molecule has 0 aliphatic carbocycles. The fraction of sp³-hybridized carbons (Fsp3) is 0.214. The van der Waals surface area contributed by atoms with Gasteiger partial charge >= 0.3 is 0 Å². The van der Waals surface area contributed by atoms with Crippen molar-refractivity contribution in [3.05, 3.63) is 41.7 Å². The molecule has 1 N–H and O–H groups in total. The number of hydrogen-bond acceptors (Lipinski definition) is 4. The maximum absolute atomic E-state index is 13.6. The van der Waals surface area contributed by atoms with Crippen molar-refractivity contribution in [1.82, 2.24) is 4.98 Å². The zero-order chi connectivity index (χ0) is 16.3. The van der Waals surface area contributed by atoms with Gasteiger partial charge in [0.05, 0.1) is 13.7 Å². The van der Waals surface area contributed by atoms with Gasteiger partial charge in [0.15, 0.2) is 11.5 Å². The van der Waals surface area contributed by atoms with Crippen molar-refractivity contribution in [2.45, 2.75) is 6.92 Å². The Morgan fingerprint density at radius 1 is 1.05 bits per heavy atom. The maximum atomic E-state index is 13.6. The van der Waals surface area contributed by atoms with Crippen molar-refractivity contribution in [3.8, 4) is 11.5 Å². The van der Waals surface area contributed by atoms with Crippen LogP contribution in [0.5, 0.6) is 11.5 Å². The molecule has 0 aliphatic heterocycles. The number of benzene rings is 1. The third-order valence-electron chi connectivity index (χ3n) is 2.73. The molecule has 22 heavy (non-hydrogen) atoms. The first-order chi connectivity index (χ1) is 10.5. The Bertz CT molecular complexity index is 669. The van der Waals surface area contributed by atoms with Crippen LogP contribution in [0.15, 0.2) is 18.2 Å². The number of methoxy groups -OCH3 is 1. The van der Waals surface area contributed by atoms with Crippen LogP contribution in [-0.4, -0.2) is 18.7 Å². The van der Waals surface area contributed by atoms with Gasteiger partial charge in [0.1, 0.15) is 5.69 Å². The van der Waals surface area contributed by atoms with Crippen LogP contribution in [0.4, 0.5) is 28.9 Å². The number of halogens is 4. The number of nitrogens with one attached hydrogen (secondary N) is 1. The van der Waals surface area contributed by atoms with Crippen LogP contribution in [0.2, 0.25) is 0 Å². The van der Waals surface area contributed by atoms with E-state index in [4.69, 9.17) is 9.47 Å². The summed E-state index contributed by atoms with van der Waals surface area (Å²) in [4.78, 5) is 2.48. The lowest BCUT2D eigenvalue weighted by Gasteiger charge is -2.13. The third-order valence-corrected chi connectivity index (χ3v) is 2.73. The minimum absolute atomic E-state index is 0.159. The van der Waals surface area contributed by atoms with E-state index in [-0.39, 0.29) is 5.69 Å². The molecule has 118 valence electrons. The van der Waals surface area contributed by atoms with Crippen molar-refractivity contribution in [2.24, 2.45) is 0 Å². The number of hydrogen-bond donors (Lipinski definition) is 1. The van der Waals surface area contributed by atoms with Crippen LogP contribution >= 0.6 is 0 Å². The second-order valence-corrected chi connectivity index (χ2v) is 4.12. The molecule has 2 aromatic rings. The second kappa shape index (κ2) is 6.50. The number of nitrogens with zero attached hydrogens (tertiary/aromatic N) is 1.